The van der Waals surface area contributed by atoms with Gasteiger partial charge in [0.1, 0.15) is 0 Å². The van der Waals surface area contributed by atoms with E-state index in [-0.39, 0.29) is 0 Å². The Morgan fingerprint density at radius 2 is 1.50 bits per heavy atom. The van der Waals surface area contributed by atoms with Crippen LogP contribution in [0.4, 0.5) is 0 Å². The SMILES string of the molecule is CC(C)(C)OC(OC(=O)C=Cc1ccccc1)C(Cl)(Cl)c1ccccc1. The molecule has 0 radical (unpaired) electrons. The molecule has 138 valence electrons. The molecule has 0 aromatic heterocycles. The van der Waals surface area contributed by atoms with Crippen molar-refractivity contribution < 1.29 is 14.3 Å². The third kappa shape index (κ3) is 6.17. The van der Waals surface area contributed by atoms with E-state index in [9.17, 15) is 4.79 Å². The summed E-state index contributed by atoms with van der Waals surface area (Å²) in [5.74, 6) is -0.593. The largest absolute Gasteiger partial charge is 0.429 e. The van der Waals surface area contributed by atoms with Crippen LogP contribution in [0, 0.1) is 0 Å². The lowest BCUT2D eigenvalue weighted by molar-refractivity contribution is -0.203. The van der Waals surface area contributed by atoms with E-state index in [2.05, 4.69) is 0 Å². The molecule has 0 bridgehead atoms. The van der Waals surface area contributed by atoms with E-state index in [1.807, 2.05) is 57.2 Å². The average molecular weight is 393 g/mol. The lowest BCUT2D eigenvalue weighted by atomic mass is 10.1. The zero-order chi connectivity index (χ0) is 19.2. The number of carbonyl (C=O) groups excluding carboxylic acids is 1. The van der Waals surface area contributed by atoms with Gasteiger partial charge in [0, 0.05) is 6.08 Å². The second-order valence-electron chi connectivity index (χ2n) is 6.73. The topological polar surface area (TPSA) is 35.5 Å². The summed E-state index contributed by atoms with van der Waals surface area (Å²) in [6, 6.07) is 18.4. The fourth-order valence-electron chi connectivity index (χ4n) is 2.16. The molecule has 2 aromatic rings. The standard InChI is InChI=1S/C21H22Cl2O3/c1-20(2,3)26-19(21(22,23)17-12-8-5-9-13-17)25-18(24)15-14-16-10-6-4-7-11-16/h4-15,19H,1-3H3. The number of carbonyl (C=O) groups is 1. The molecule has 0 saturated heterocycles. The van der Waals surface area contributed by atoms with Crippen molar-refractivity contribution in [1.29, 1.82) is 0 Å². The van der Waals surface area contributed by atoms with Crippen LogP contribution in [-0.4, -0.2) is 17.9 Å². The third-order valence-electron chi connectivity index (χ3n) is 3.35. The van der Waals surface area contributed by atoms with E-state index in [1.165, 1.54) is 6.08 Å². The van der Waals surface area contributed by atoms with Gasteiger partial charge in [-0.2, -0.15) is 0 Å². The maximum atomic E-state index is 12.3. The summed E-state index contributed by atoms with van der Waals surface area (Å²) in [6.07, 6.45) is 1.80. The van der Waals surface area contributed by atoms with Crippen LogP contribution in [0.2, 0.25) is 0 Å². The number of alkyl halides is 2. The highest BCUT2D eigenvalue weighted by atomic mass is 35.5. The smallest absolute Gasteiger partial charge is 0.333 e. The Hall–Kier alpha value is -1.81. The van der Waals surface area contributed by atoms with Gasteiger partial charge >= 0.3 is 5.97 Å². The molecule has 0 N–H and O–H groups in total. The molecular weight excluding hydrogens is 371 g/mol. The Labute approximate surface area is 164 Å². The number of esters is 1. The van der Waals surface area contributed by atoms with Crippen molar-refractivity contribution >= 4 is 35.2 Å². The fraction of sp³-hybridized carbons (Fsp3) is 0.286. The molecule has 5 heteroatoms. The summed E-state index contributed by atoms with van der Waals surface area (Å²) in [7, 11) is 0. The van der Waals surface area contributed by atoms with Crippen LogP contribution in [-0.2, 0) is 18.6 Å². The van der Waals surface area contributed by atoms with Crippen molar-refractivity contribution in [3.8, 4) is 0 Å². The molecular formula is C21H22Cl2O3. The summed E-state index contributed by atoms with van der Waals surface area (Å²) in [4.78, 5) is 12.3. The fourth-order valence-corrected chi connectivity index (χ4v) is 2.59. The van der Waals surface area contributed by atoms with E-state index in [4.69, 9.17) is 32.7 Å². The molecule has 0 fully saturated rings. The summed E-state index contributed by atoms with van der Waals surface area (Å²) < 4.78 is 9.74. The summed E-state index contributed by atoms with van der Waals surface area (Å²) >= 11 is 13.1. The minimum absolute atomic E-state index is 0.581. The highest BCUT2D eigenvalue weighted by molar-refractivity contribution is 6.48. The number of hydrogen-bond acceptors (Lipinski definition) is 3. The Kier molecular flexibility index (Phi) is 6.87. The van der Waals surface area contributed by atoms with Gasteiger partial charge in [0.15, 0.2) is 0 Å². The van der Waals surface area contributed by atoms with E-state index in [0.717, 1.165) is 5.56 Å². The Balaban J connectivity index is 2.19. The number of benzene rings is 2. The first-order valence-electron chi connectivity index (χ1n) is 8.23. The van der Waals surface area contributed by atoms with Crippen LogP contribution >= 0.6 is 23.2 Å². The van der Waals surface area contributed by atoms with Gasteiger partial charge in [-0.1, -0.05) is 83.9 Å². The van der Waals surface area contributed by atoms with Crippen molar-refractivity contribution in [1.82, 2.24) is 0 Å². The Morgan fingerprint density at radius 3 is 2.04 bits per heavy atom. The minimum Gasteiger partial charge on any atom is -0.429 e. The second-order valence-corrected chi connectivity index (χ2v) is 8.12. The molecule has 1 unspecified atom stereocenters. The summed E-state index contributed by atoms with van der Waals surface area (Å²) in [5, 5.41) is 0. The molecule has 0 heterocycles. The molecule has 26 heavy (non-hydrogen) atoms. The van der Waals surface area contributed by atoms with Crippen LogP contribution in [0.25, 0.3) is 6.08 Å². The van der Waals surface area contributed by atoms with Crippen LogP contribution in [0.1, 0.15) is 31.9 Å². The van der Waals surface area contributed by atoms with Crippen LogP contribution in [0.15, 0.2) is 66.7 Å². The first-order valence-corrected chi connectivity index (χ1v) is 8.99. The molecule has 2 aromatic carbocycles. The quantitative estimate of drug-likeness (QED) is 0.273. The number of hydrogen-bond donors (Lipinski definition) is 0. The van der Waals surface area contributed by atoms with Crippen LogP contribution in [0.3, 0.4) is 0 Å². The number of ether oxygens (including phenoxy) is 2. The van der Waals surface area contributed by atoms with Crippen molar-refractivity contribution in [3.63, 3.8) is 0 Å². The lowest BCUT2D eigenvalue weighted by Crippen LogP contribution is -2.41. The summed E-state index contributed by atoms with van der Waals surface area (Å²) in [5.41, 5.74) is 0.846. The van der Waals surface area contributed by atoms with Crippen molar-refractivity contribution in [2.75, 3.05) is 0 Å². The highest BCUT2D eigenvalue weighted by Crippen LogP contribution is 2.41. The van der Waals surface area contributed by atoms with Gasteiger partial charge in [-0.05, 0) is 38.0 Å². The normalized spacial score (nSPS) is 13.6. The minimum atomic E-state index is -1.55. The molecule has 0 aliphatic rings. The molecule has 0 amide bonds. The Bertz CT molecular complexity index is 735. The molecule has 3 nitrogen and oxygen atoms in total. The molecule has 1 atom stereocenters. The van der Waals surface area contributed by atoms with Crippen molar-refractivity contribution in [2.24, 2.45) is 0 Å². The van der Waals surface area contributed by atoms with Gasteiger partial charge in [0.05, 0.1) is 5.60 Å². The number of rotatable bonds is 6. The van der Waals surface area contributed by atoms with Gasteiger partial charge in [0.2, 0.25) is 10.6 Å². The monoisotopic (exact) mass is 392 g/mol. The summed E-state index contributed by atoms with van der Waals surface area (Å²) in [6.45, 7) is 5.51. The predicted molar refractivity (Wildman–Crippen MR) is 106 cm³/mol. The van der Waals surface area contributed by atoms with Gasteiger partial charge in [-0.25, -0.2) is 4.79 Å². The first-order chi connectivity index (χ1) is 12.2. The van der Waals surface area contributed by atoms with Gasteiger partial charge < -0.3 is 9.47 Å². The van der Waals surface area contributed by atoms with Gasteiger partial charge in [-0.3, -0.25) is 0 Å². The van der Waals surface area contributed by atoms with Gasteiger partial charge in [-0.15, -0.1) is 0 Å². The molecule has 0 aliphatic carbocycles. The number of halogens is 2. The first kappa shape index (κ1) is 20.5. The van der Waals surface area contributed by atoms with E-state index < -0.39 is 22.2 Å². The maximum Gasteiger partial charge on any atom is 0.333 e. The zero-order valence-corrected chi connectivity index (χ0v) is 16.5. The van der Waals surface area contributed by atoms with E-state index >= 15 is 0 Å². The average Bonchev–Trinajstić information content (AvgIpc) is 2.60. The van der Waals surface area contributed by atoms with E-state index in [1.54, 1.807) is 30.3 Å². The third-order valence-corrected chi connectivity index (χ3v) is 4.14. The Morgan fingerprint density at radius 1 is 0.962 bits per heavy atom. The molecule has 0 spiro atoms. The van der Waals surface area contributed by atoms with Crippen molar-refractivity contribution in [3.05, 3.63) is 77.9 Å². The van der Waals surface area contributed by atoms with Crippen LogP contribution in [0.5, 0.6) is 0 Å². The van der Waals surface area contributed by atoms with Crippen molar-refractivity contribution in [2.45, 2.75) is 37.0 Å². The highest BCUT2D eigenvalue weighted by Gasteiger charge is 2.42. The lowest BCUT2D eigenvalue weighted by Gasteiger charge is -2.34. The van der Waals surface area contributed by atoms with E-state index in [0.29, 0.717) is 5.56 Å². The maximum absolute atomic E-state index is 12.3. The second kappa shape index (κ2) is 8.72. The molecule has 2 rings (SSSR count). The predicted octanol–water partition coefficient (Wildman–Crippen LogP) is 5.71. The zero-order valence-electron chi connectivity index (χ0n) is 15.0. The molecule has 0 aliphatic heterocycles. The van der Waals surface area contributed by atoms with Crippen LogP contribution < -0.4 is 0 Å². The molecule has 0 saturated carbocycles. The van der Waals surface area contributed by atoms with Gasteiger partial charge in [0.25, 0.3) is 0 Å².